The maximum atomic E-state index is 15.1. The van der Waals surface area contributed by atoms with Gasteiger partial charge in [0, 0.05) is 40.2 Å². The number of ketones is 1. The van der Waals surface area contributed by atoms with Crippen molar-refractivity contribution in [1.29, 1.82) is 0 Å². The lowest BCUT2D eigenvalue weighted by atomic mass is 9.90. The van der Waals surface area contributed by atoms with Gasteiger partial charge in [0.05, 0.1) is 11.1 Å². The van der Waals surface area contributed by atoms with Gasteiger partial charge in [-0.1, -0.05) is 17.7 Å². The van der Waals surface area contributed by atoms with Gasteiger partial charge in [-0.2, -0.15) is 13.2 Å². The average Bonchev–Trinajstić information content (AvgIpc) is 3.23. The number of ether oxygens (including phenoxy) is 2. The normalized spacial score (nSPS) is 16.9. The molecule has 12 heteroatoms. The minimum atomic E-state index is -4.89. The second kappa shape index (κ2) is 10.9. The lowest BCUT2D eigenvalue weighted by molar-refractivity contribution is -0.148. The number of esters is 1. The zero-order valence-corrected chi connectivity index (χ0v) is 21.8. The molecule has 0 aromatic heterocycles. The van der Waals surface area contributed by atoms with Gasteiger partial charge in [-0.05, 0) is 56.3 Å². The Morgan fingerprint density at radius 2 is 1.82 bits per heavy atom. The summed E-state index contributed by atoms with van der Waals surface area (Å²) in [4.78, 5) is 37.2. The van der Waals surface area contributed by atoms with Gasteiger partial charge < -0.3 is 14.8 Å². The van der Waals surface area contributed by atoms with Crippen LogP contribution in [0.5, 0.6) is 5.75 Å². The Balaban J connectivity index is 1.51. The third-order valence-corrected chi connectivity index (χ3v) is 6.64. The summed E-state index contributed by atoms with van der Waals surface area (Å²) in [6.07, 6.45) is -4.43. The van der Waals surface area contributed by atoms with Gasteiger partial charge in [-0.25, -0.2) is 8.78 Å². The van der Waals surface area contributed by atoms with Crippen molar-refractivity contribution < 1.29 is 45.8 Å². The fourth-order valence-corrected chi connectivity index (χ4v) is 4.46. The Hall–Kier alpha value is -3.99. The topological polar surface area (TPSA) is 81.7 Å². The van der Waals surface area contributed by atoms with E-state index in [-0.39, 0.29) is 45.6 Å². The van der Waals surface area contributed by atoms with E-state index in [9.17, 15) is 31.9 Å². The average molecular weight is 582 g/mol. The maximum Gasteiger partial charge on any atom is 0.416 e. The number of anilines is 1. The Morgan fingerprint density at radius 1 is 1.10 bits per heavy atom. The van der Waals surface area contributed by atoms with Crippen LogP contribution in [-0.4, -0.2) is 24.3 Å². The van der Waals surface area contributed by atoms with Crippen LogP contribution >= 0.6 is 11.6 Å². The molecule has 1 aliphatic heterocycles. The van der Waals surface area contributed by atoms with Crippen molar-refractivity contribution in [1.82, 2.24) is 0 Å². The van der Waals surface area contributed by atoms with E-state index in [0.29, 0.717) is 18.6 Å². The van der Waals surface area contributed by atoms with E-state index in [4.69, 9.17) is 21.1 Å². The van der Waals surface area contributed by atoms with Crippen molar-refractivity contribution in [3.63, 3.8) is 0 Å². The van der Waals surface area contributed by atoms with Crippen molar-refractivity contribution in [3.8, 4) is 5.75 Å². The van der Waals surface area contributed by atoms with Gasteiger partial charge in [0.25, 0.3) is 5.91 Å². The minimum Gasteiger partial charge on any atom is -0.483 e. The molecular formula is C28H21ClF5NO5. The number of rotatable bonds is 7. The number of hydrogen-bond acceptors (Lipinski definition) is 5. The van der Waals surface area contributed by atoms with Crippen LogP contribution in [0.1, 0.15) is 52.4 Å². The number of benzene rings is 3. The molecule has 0 spiro atoms. The summed E-state index contributed by atoms with van der Waals surface area (Å²) in [5.74, 6) is -4.32. The number of carbonyl (C=O) groups is 3. The molecule has 0 saturated carbocycles. The van der Waals surface area contributed by atoms with Crippen molar-refractivity contribution in [2.75, 3.05) is 11.9 Å². The molecule has 4 rings (SSSR count). The molecule has 1 atom stereocenters. The molecule has 0 bridgehead atoms. The van der Waals surface area contributed by atoms with E-state index in [1.165, 1.54) is 31.2 Å². The number of alkyl halides is 3. The second-order valence-corrected chi connectivity index (χ2v) is 9.77. The van der Waals surface area contributed by atoms with E-state index >= 15 is 4.39 Å². The number of nitrogens with one attached hydrogen (secondary N) is 1. The predicted molar refractivity (Wildman–Crippen MR) is 134 cm³/mol. The van der Waals surface area contributed by atoms with Crippen LogP contribution in [0.2, 0.25) is 5.02 Å². The van der Waals surface area contributed by atoms with E-state index in [1.807, 2.05) is 0 Å². The van der Waals surface area contributed by atoms with Crippen LogP contribution in [0.4, 0.5) is 27.6 Å². The van der Waals surface area contributed by atoms with Gasteiger partial charge in [0.1, 0.15) is 23.0 Å². The highest BCUT2D eigenvalue weighted by atomic mass is 35.5. The summed E-state index contributed by atoms with van der Waals surface area (Å²) in [5.41, 5.74) is -3.01. The highest BCUT2D eigenvalue weighted by Crippen LogP contribution is 2.39. The zero-order valence-electron chi connectivity index (χ0n) is 21.0. The number of carbonyl (C=O) groups excluding carboxylic acids is 3. The zero-order chi connectivity index (χ0) is 29.4. The van der Waals surface area contributed by atoms with Crippen molar-refractivity contribution >= 4 is 34.9 Å². The highest BCUT2D eigenvalue weighted by molar-refractivity contribution is 6.31. The Morgan fingerprint density at radius 3 is 2.48 bits per heavy atom. The van der Waals surface area contributed by atoms with Crippen molar-refractivity contribution in [2.24, 2.45) is 0 Å². The first-order valence-corrected chi connectivity index (χ1v) is 12.2. The Bertz CT molecular complexity index is 1520. The predicted octanol–water partition coefficient (Wildman–Crippen LogP) is 6.75. The first kappa shape index (κ1) is 29.0. The largest absolute Gasteiger partial charge is 0.483 e. The minimum absolute atomic E-state index is 0.0421. The van der Waals surface area contributed by atoms with Crippen LogP contribution < -0.4 is 10.1 Å². The number of cyclic esters (lactones) is 1. The van der Waals surface area contributed by atoms with E-state index in [0.717, 1.165) is 6.07 Å². The Kier molecular flexibility index (Phi) is 7.89. The molecule has 210 valence electrons. The van der Waals surface area contributed by atoms with E-state index in [1.54, 1.807) is 6.92 Å². The van der Waals surface area contributed by atoms with Crippen LogP contribution in [0, 0.1) is 18.6 Å². The molecule has 0 aliphatic carbocycles. The Labute approximate surface area is 230 Å². The molecule has 3 aromatic rings. The van der Waals surface area contributed by atoms with Gasteiger partial charge in [-0.15, -0.1) is 0 Å². The van der Waals surface area contributed by atoms with Crippen molar-refractivity contribution in [3.05, 3.63) is 93.0 Å². The van der Waals surface area contributed by atoms with Crippen LogP contribution in [0.3, 0.4) is 0 Å². The van der Waals surface area contributed by atoms with Crippen LogP contribution in [0.15, 0.2) is 48.5 Å². The summed E-state index contributed by atoms with van der Waals surface area (Å²) in [6, 6.07) is 7.92. The molecule has 1 saturated heterocycles. The third-order valence-electron chi connectivity index (χ3n) is 6.41. The smallest absolute Gasteiger partial charge is 0.416 e. The SMILES string of the molecule is Cc1c(NC(=O)COc2ccc(Cl)cc2C(=O)c2cc(F)cc(C(F)(F)F)c2)ccc(C2(C)CCC(=O)O2)c1F. The molecule has 1 aliphatic rings. The van der Waals surface area contributed by atoms with Gasteiger partial charge in [-0.3, -0.25) is 14.4 Å². The third kappa shape index (κ3) is 6.09. The molecule has 1 unspecified atom stereocenters. The lowest BCUT2D eigenvalue weighted by Crippen LogP contribution is -2.25. The fraction of sp³-hybridized carbons (Fsp3) is 0.250. The molecular weight excluding hydrogens is 561 g/mol. The maximum absolute atomic E-state index is 15.1. The fourth-order valence-electron chi connectivity index (χ4n) is 4.29. The van der Waals surface area contributed by atoms with Gasteiger partial charge >= 0.3 is 12.1 Å². The highest BCUT2D eigenvalue weighted by Gasteiger charge is 2.40. The summed E-state index contributed by atoms with van der Waals surface area (Å²) in [5, 5.41) is 2.53. The molecule has 6 nitrogen and oxygen atoms in total. The summed E-state index contributed by atoms with van der Waals surface area (Å²) < 4.78 is 79.1. The molecule has 0 radical (unpaired) electrons. The first-order chi connectivity index (χ1) is 18.7. The number of hydrogen-bond donors (Lipinski definition) is 1. The quantitative estimate of drug-likeness (QED) is 0.190. The van der Waals surface area contributed by atoms with E-state index in [2.05, 4.69) is 5.32 Å². The molecule has 1 amide bonds. The standard InChI is InChI=1S/C28H21ClF5NO5/c1-14-21(5-4-20(25(14)31)27(2)8-7-24(37)40-27)35-23(36)13-39-22-6-3-17(29)12-19(22)26(38)15-9-16(28(32,33)34)11-18(30)10-15/h3-6,9-12H,7-8,13H2,1-2H3,(H,35,36). The summed E-state index contributed by atoms with van der Waals surface area (Å²) >= 11 is 5.96. The summed E-state index contributed by atoms with van der Waals surface area (Å²) in [7, 11) is 0. The van der Waals surface area contributed by atoms with Gasteiger partial charge in [0.15, 0.2) is 12.4 Å². The van der Waals surface area contributed by atoms with Gasteiger partial charge in [0.2, 0.25) is 0 Å². The molecule has 40 heavy (non-hydrogen) atoms. The molecule has 3 aromatic carbocycles. The number of amides is 1. The van der Waals surface area contributed by atoms with Crippen LogP contribution in [-0.2, 0) is 26.1 Å². The monoisotopic (exact) mass is 581 g/mol. The molecule has 1 heterocycles. The summed E-state index contributed by atoms with van der Waals surface area (Å²) in [6.45, 7) is 2.36. The van der Waals surface area contributed by atoms with Crippen LogP contribution in [0.25, 0.3) is 0 Å². The lowest BCUT2D eigenvalue weighted by Gasteiger charge is -2.25. The molecule has 1 N–H and O–H groups in total. The second-order valence-electron chi connectivity index (χ2n) is 9.34. The first-order valence-electron chi connectivity index (χ1n) is 11.8. The molecule has 1 fully saturated rings. The van der Waals surface area contributed by atoms with Crippen molar-refractivity contribution in [2.45, 2.75) is 38.5 Å². The van der Waals surface area contributed by atoms with E-state index < -0.39 is 58.8 Å². The number of halogens is 6.